The van der Waals surface area contributed by atoms with Gasteiger partial charge in [-0.25, -0.2) is 0 Å². The third kappa shape index (κ3) is 5.22. The van der Waals surface area contributed by atoms with Crippen molar-refractivity contribution in [3.05, 3.63) is 123 Å². The van der Waals surface area contributed by atoms with Crippen molar-refractivity contribution in [2.24, 2.45) is 0 Å². The highest BCUT2D eigenvalue weighted by Crippen LogP contribution is 2.40. The lowest BCUT2D eigenvalue weighted by molar-refractivity contribution is -0.123. The van der Waals surface area contributed by atoms with Gasteiger partial charge in [0.25, 0.3) is 11.1 Å². The van der Waals surface area contributed by atoms with Crippen LogP contribution in [0, 0.1) is 0 Å². The van der Waals surface area contributed by atoms with Gasteiger partial charge in [-0.05, 0) is 90.2 Å². The summed E-state index contributed by atoms with van der Waals surface area (Å²) in [4.78, 5) is 27.6. The number of thioether (sulfide) groups is 1. The fourth-order valence-electron chi connectivity index (χ4n) is 4.84. The predicted octanol–water partition coefficient (Wildman–Crippen LogP) is 8.58. The van der Waals surface area contributed by atoms with Crippen LogP contribution in [-0.2, 0) is 17.9 Å². The summed E-state index contributed by atoms with van der Waals surface area (Å²) >= 11 is 4.55. The number of ether oxygens (including phenoxy) is 2. The second kappa shape index (κ2) is 11.2. The Morgan fingerprint density at radius 2 is 1.60 bits per heavy atom. The third-order valence-corrected chi connectivity index (χ3v) is 8.33. The number of hydrogen-bond acceptors (Lipinski definition) is 5. The van der Waals surface area contributed by atoms with Crippen LogP contribution in [0.15, 0.2) is 106 Å². The smallest absolute Gasteiger partial charge is 0.293 e. The van der Waals surface area contributed by atoms with Crippen LogP contribution < -0.4 is 9.47 Å². The first-order valence-electron chi connectivity index (χ1n) is 12.7. The Morgan fingerprint density at radius 1 is 0.850 bits per heavy atom. The second-order valence-electron chi connectivity index (χ2n) is 9.41. The lowest BCUT2D eigenvalue weighted by Gasteiger charge is -2.15. The van der Waals surface area contributed by atoms with Crippen molar-refractivity contribution in [3.63, 3.8) is 0 Å². The highest BCUT2D eigenvalue weighted by atomic mass is 79.9. The standard InChI is InChI=1S/C33H24BrNO4S/c1-38-29-17-22(16-28(34)31(29)39-20-26-11-6-10-24-8-4-5-12-27(24)26)18-30-32(36)35(33(37)40-30)19-21-13-14-23-7-2-3-9-25(23)15-21/h2-18H,19-20H2,1H3/b30-18-. The lowest BCUT2D eigenvalue weighted by Crippen LogP contribution is -2.27. The molecule has 1 aliphatic heterocycles. The maximum atomic E-state index is 13.2. The first-order chi connectivity index (χ1) is 19.5. The number of halogens is 1. The van der Waals surface area contributed by atoms with Gasteiger partial charge in [-0.2, -0.15) is 0 Å². The zero-order valence-electron chi connectivity index (χ0n) is 21.6. The summed E-state index contributed by atoms with van der Waals surface area (Å²) in [5, 5.41) is 4.19. The predicted molar refractivity (Wildman–Crippen MR) is 164 cm³/mol. The molecule has 1 heterocycles. The van der Waals surface area contributed by atoms with Gasteiger partial charge in [0.15, 0.2) is 11.5 Å². The molecule has 0 saturated carbocycles. The number of carbonyl (C=O) groups excluding carboxylic acids is 2. The molecule has 0 radical (unpaired) electrons. The van der Waals surface area contributed by atoms with Crippen LogP contribution in [0.4, 0.5) is 4.79 Å². The van der Waals surface area contributed by atoms with E-state index in [0.717, 1.165) is 50.0 Å². The molecule has 2 amide bonds. The molecule has 5 aromatic carbocycles. The Bertz CT molecular complexity index is 1810. The van der Waals surface area contributed by atoms with E-state index in [2.05, 4.69) is 34.1 Å². The molecule has 0 spiro atoms. The van der Waals surface area contributed by atoms with Gasteiger partial charge in [0.05, 0.1) is 23.0 Å². The largest absolute Gasteiger partial charge is 0.493 e. The van der Waals surface area contributed by atoms with Crippen molar-refractivity contribution in [2.75, 3.05) is 7.11 Å². The Labute approximate surface area is 244 Å². The lowest BCUT2D eigenvalue weighted by atomic mass is 10.1. The van der Waals surface area contributed by atoms with E-state index in [1.165, 1.54) is 4.90 Å². The van der Waals surface area contributed by atoms with Crippen molar-refractivity contribution in [3.8, 4) is 11.5 Å². The number of hydrogen-bond donors (Lipinski definition) is 0. The van der Waals surface area contributed by atoms with Crippen molar-refractivity contribution in [2.45, 2.75) is 13.2 Å². The Morgan fingerprint density at radius 3 is 2.42 bits per heavy atom. The van der Waals surface area contributed by atoms with E-state index in [1.54, 1.807) is 19.3 Å². The number of nitrogens with zero attached hydrogens (tertiary/aromatic N) is 1. The molecule has 0 aromatic heterocycles. The molecule has 0 atom stereocenters. The number of methoxy groups -OCH3 is 1. The van der Waals surface area contributed by atoms with Crippen LogP contribution in [0.25, 0.3) is 27.6 Å². The van der Waals surface area contributed by atoms with Crippen LogP contribution in [0.3, 0.4) is 0 Å². The van der Waals surface area contributed by atoms with Gasteiger partial charge in [-0.15, -0.1) is 0 Å². The van der Waals surface area contributed by atoms with E-state index in [1.807, 2.05) is 72.8 Å². The molecule has 1 aliphatic rings. The Hall–Kier alpha value is -4.07. The first kappa shape index (κ1) is 26.2. The summed E-state index contributed by atoms with van der Waals surface area (Å²) in [5.74, 6) is 0.780. The van der Waals surface area contributed by atoms with Gasteiger partial charge >= 0.3 is 0 Å². The zero-order valence-corrected chi connectivity index (χ0v) is 24.0. The quantitative estimate of drug-likeness (QED) is 0.173. The van der Waals surface area contributed by atoms with Crippen molar-refractivity contribution in [1.82, 2.24) is 4.90 Å². The van der Waals surface area contributed by atoms with Crippen molar-refractivity contribution < 1.29 is 19.1 Å². The molecule has 5 nitrogen and oxygen atoms in total. The molecule has 0 N–H and O–H groups in total. The summed E-state index contributed by atoms with van der Waals surface area (Å²) in [6.45, 7) is 0.587. The average molecular weight is 611 g/mol. The van der Waals surface area contributed by atoms with E-state index < -0.39 is 0 Å². The van der Waals surface area contributed by atoms with Gasteiger partial charge in [0.2, 0.25) is 0 Å². The van der Waals surface area contributed by atoms with Crippen molar-refractivity contribution in [1.29, 1.82) is 0 Å². The van der Waals surface area contributed by atoms with E-state index in [-0.39, 0.29) is 17.7 Å². The summed E-state index contributed by atoms with van der Waals surface area (Å²) in [6.07, 6.45) is 1.72. The van der Waals surface area contributed by atoms with Crippen LogP contribution >= 0.6 is 27.7 Å². The monoisotopic (exact) mass is 609 g/mol. The molecule has 0 bridgehead atoms. The third-order valence-electron chi connectivity index (χ3n) is 6.83. The Kier molecular flexibility index (Phi) is 7.32. The second-order valence-corrected chi connectivity index (χ2v) is 11.3. The van der Waals surface area contributed by atoms with Crippen LogP contribution in [0.2, 0.25) is 0 Å². The highest BCUT2D eigenvalue weighted by molar-refractivity contribution is 9.10. The number of imide groups is 1. The zero-order chi connectivity index (χ0) is 27.6. The maximum absolute atomic E-state index is 13.2. The SMILES string of the molecule is COc1cc(/C=C2\SC(=O)N(Cc3ccc4ccccc4c3)C2=O)cc(Br)c1OCc1cccc2ccccc12. The van der Waals surface area contributed by atoms with E-state index in [4.69, 9.17) is 9.47 Å². The average Bonchev–Trinajstić information content (AvgIpc) is 3.23. The molecule has 1 saturated heterocycles. The normalized spacial score (nSPS) is 14.4. The number of amides is 2. The topological polar surface area (TPSA) is 55.8 Å². The number of benzene rings is 5. The summed E-state index contributed by atoms with van der Waals surface area (Å²) in [5.41, 5.74) is 2.69. The molecule has 40 heavy (non-hydrogen) atoms. The Balaban J connectivity index is 1.21. The van der Waals surface area contributed by atoms with E-state index in [0.29, 0.717) is 27.5 Å². The summed E-state index contributed by atoms with van der Waals surface area (Å²) < 4.78 is 12.5. The minimum absolute atomic E-state index is 0.223. The van der Waals surface area contributed by atoms with E-state index >= 15 is 0 Å². The number of fused-ring (bicyclic) bond motifs is 2. The highest BCUT2D eigenvalue weighted by Gasteiger charge is 2.35. The number of rotatable bonds is 7. The minimum Gasteiger partial charge on any atom is -0.493 e. The van der Waals surface area contributed by atoms with E-state index in [9.17, 15) is 9.59 Å². The minimum atomic E-state index is -0.311. The summed E-state index contributed by atoms with van der Waals surface area (Å²) in [7, 11) is 1.58. The molecule has 198 valence electrons. The summed E-state index contributed by atoms with van der Waals surface area (Å²) in [6, 6.07) is 32.0. The fraction of sp³-hybridized carbons (Fsp3) is 0.0909. The first-order valence-corrected chi connectivity index (χ1v) is 14.3. The molecule has 0 aliphatic carbocycles. The van der Waals surface area contributed by atoms with Gasteiger partial charge in [0.1, 0.15) is 6.61 Å². The maximum Gasteiger partial charge on any atom is 0.293 e. The van der Waals surface area contributed by atoms with Crippen LogP contribution in [-0.4, -0.2) is 23.2 Å². The van der Waals surface area contributed by atoms with Gasteiger partial charge in [0, 0.05) is 0 Å². The van der Waals surface area contributed by atoms with Crippen LogP contribution in [0.5, 0.6) is 11.5 Å². The molecule has 1 fully saturated rings. The van der Waals surface area contributed by atoms with Gasteiger partial charge in [-0.1, -0.05) is 78.9 Å². The molecule has 5 aromatic rings. The molecule has 7 heteroatoms. The molecular weight excluding hydrogens is 586 g/mol. The molecular formula is C33H24BrNO4S. The molecule has 6 rings (SSSR count). The van der Waals surface area contributed by atoms with Gasteiger partial charge in [-0.3, -0.25) is 14.5 Å². The number of carbonyl (C=O) groups is 2. The van der Waals surface area contributed by atoms with Crippen molar-refractivity contribution >= 4 is 66.5 Å². The van der Waals surface area contributed by atoms with Gasteiger partial charge < -0.3 is 9.47 Å². The van der Waals surface area contributed by atoms with Crippen LogP contribution in [0.1, 0.15) is 16.7 Å². The molecule has 0 unspecified atom stereocenters. The fourth-order valence-corrected chi connectivity index (χ4v) is 6.25.